The second kappa shape index (κ2) is 7.82. The Morgan fingerprint density at radius 1 is 1.40 bits per heavy atom. The molecule has 1 rings (SSSR count). The van der Waals surface area contributed by atoms with Crippen molar-refractivity contribution in [3.8, 4) is 0 Å². The molecule has 1 unspecified atom stereocenters. The van der Waals surface area contributed by atoms with Crippen LogP contribution >= 0.6 is 0 Å². The first-order valence-corrected chi connectivity index (χ1v) is 7.17. The van der Waals surface area contributed by atoms with Crippen LogP contribution in [0.1, 0.15) is 45.1 Å². The van der Waals surface area contributed by atoms with Crippen molar-refractivity contribution in [2.24, 2.45) is 5.92 Å². The molecule has 0 saturated heterocycles. The number of rotatable bonds is 8. The lowest BCUT2D eigenvalue weighted by Crippen LogP contribution is -2.14. The minimum absolute atomic E-state index is 0.196. The summed E-state index contributed by atoms with van der Waals surface area (Å²) in [5.41, 5.74) is 0.627. The lowest BCUT2D eigenvalue weighted by Gasteiger charge is -2.16. The van der Waals surface area contributed by atoms with Crippen molar-refractivity contribution in [1.29, 1.82) is 0 Å². The Balaban J connectivity index is 2.80. The van der Waals surface area contributed by atoms with Gasteiger partial charge in [-0.3, -0.25) is 10.1 Å². The molecule has 0 radical (unpaired) electrons. The number of nitrogens with zero attached hydrogens (tertiary/aromatic N) is 1. The number of aryl methyl sites for hydroxylation is 1. The molecule has 0 aliphatic heterocycles. The summed E-state index contributed by atoms with van der Waals surface area (Å²) >= 11 is 0. The minimum atomic E-state index is -0.544. The van der Waals surface area contributed by atoms with E-state index in [1.54, 1.807) is 6.92 Å². The maximum atomic E-state index is 13.4. The summed E-state index contributed by atoms with van der Waals surface area (Å²) in [7, 11) is 0. The van der Waals surface area contributed by atoms with Gasteiger partial charge in [0.15, 0.2) is 0 Å². The number of nitrogens with one attached hydrogen (secondary N) is 1. The van der Waals surface area contributed by atoms with Crippen LogP contribution in [0.15, 0.2) is 12.1 Å². The Bertz CT molecular complexity index is 463. The summed E-state index contributed by atoms with van der Waals surface area (Å²) in [5.74, 6) is -0.0554. The molecule has 4 nitrogen and oxygen atoms in total. The Morgan fingerprint density at radius 3 is 2.65 bits per heavy atom. The highest BCUT2D eigenvalue weighted by molar-refractivity contribution is 5.63. The van der Waals surface area contributed by atoms with Crippen LogP contribution in [-0.4, -0.2) is 11.5 Å². The van der Waals surface area contributed by atoms with Gasteiger partial charge in [-0.2, -0.15) is 0 Å². The van der Waals surface area contributed by atoms with Crippen LogP contribution in [0.25, 0.3) is 0 Å². The van der Waals surface area contributed by atoms with Crippen molar-refractivity contribution in [3.63, 3.8) is 0 Å². The third-order valence-electron chi connectivity index (χ3n) is 3.60. The highest BCUT2D eigenvalue weighted by atomic mass is 19.1. The van der Waals surface area contributed by atoms with Crippen molar-refractivity contribution < 1.29 is 9.31 Å². The molecule has 1 aromatic rings. The van der Waals surface area contributed by atoms with Crippen LogP contribution in [0.2, 0.25) is 0 Å². The molecule has 20 heavy (non-hydrogen) atoms. The molecule has 0 bridgehead atoms. The van der Waals surface area contributed by atoms with Crippen LogP contribution in [0, 0.1) is 28.8 Å². The maximum absolute atomic E-state index is 13.4. The zero-order chi connectivity index (χ0) is 15.1. The highest BCUT2D eigenvalue weighted by Gasteiger charge is 2.17. The molecule has 112 valence electrons. The second-order valence-electron chi connectivity index (χ2n) is 5.17. The van der Waals surface area contributed by atoms with Gasteiger partial charge in [-0.15, -0.1) is 0 Å². The molecule has 1 aromatic carbocycles. The number of nitro groups is 1. The Morgan fingerprint density at radius 2 is 2.10 bits per heavy atom. The normalized spacial score (nSPS) is 12.2. The molecule has 0 aliphatic rings. The minimum Gasteiger partial charge on any atom is -0.379 e. The van der Waals surface area contributed by atoms with Gasteiger partial charge in [0, 0.05) is 6.54 Å². The van der Waals surface area contributed by atoms with Crippen molar-refractivity contribution in [2.75, 3.05) is 11.9 Å². The number of anilines is 1. The van der Waals surface area contributed by atoms with E-state index in [1.807, 2.05) is 0 Å². The Kier molecular flexibility index (Phi) is 6.42. The van der Waals surface area contributed by atoms with Gasteiger partial charge < -0.3 is 5.32 Å². The molecule has 0 saturated carbocycles. The van der Waals surface area contributed by atoms with Crippen LogP contribution in [0.5, 0.6) is 0 Å². The molecule has 5 heteroatoms. The summed E-state index contributed by atoms with van der Waals surface area (Å²) < 4.78 is 13.4. The predicted molar refractivity (Wildman–Crippen MR) is 79.6 cm³/mol. The smallest absolute Gasteiger partial charge is 0.295 e. The van der Waals surface area contributed by atoms with Crippen molar-refractivity contribution in [2.45, 2.75) is 46.5 Å². The standard InChI is InChI=1S/C15H23FN2O2/c1-4-6-7-12(5-2)10-17-14-8-11(3)13(16)9-15(14)18(19)20/h8-9,12,17H,4-7,10H2,1-3H3. The van der Waals surface area contributed by atoms with Crippen LogP contribution in [-0.2, 0) is 0 Å². The van der Waals surface area contributed by atoms with Crippen LogP contribution < -0.4 is 5.32 Å². The molecule has 1 N–H and O–H groups in total. The molecular weight excluding hydrogens is 259 g/mol. The van der Waals surface area contributed by atoms with Gasteiger partial charge >= 0.3 is 0 Å². The van der Waals surface area contributed by atoms with Gasteiger partial charge in [-0.25, -0.2) is 4.39 Å². The van der Waals surface area contributed by atoms with E-state index in [-0.39, 0.29) is 5.69 Å². The fourth-order valence-electron chi connectivity index (χ4n) is 2.16. The molecular formula is C15H23FN2O2. The van der Waals surface area contributed by atoms with Gasteiger partial charge in [0.1, 0.15) is 11.5 Å². The van der Waals surface area contributed by atoms with E-state index < -0.39 is 10.7 Å². The molecule has 0 spiro atoms. The summed E-state index contributed by atoms with van der Waals surface area (Å²) in [4.78, 5) is 10.4. The van der Waals surface area contributed by atoms with Gasteiger partial charge in [-0.05, 0) is 30.9 Å². The number of hydrogen-bond acceptors (Lipinski definition) is 3. The molecule has 0 aliphatic carbocycles. The number of nitro benzene ring substituents is 1. The van der Waals surface area contributed by atoms with Crippen LogP contribution in [0.4, 0.5) is 15.8 Å². The number of hydrogen-bond donors (Lipinski definition) is 1. The molecule has 1 atom stereocenters. The van der Waals surface area contributed by atoms with E-state index in [4.69, 9.17) is 0 Å². The number of unbranched alkanes of at least 4 members (excludes halogenated alkanes) is 1. The van der Waals surface area contributed by atoms with E-state index >= 15 is 0 Å². The lowest BCUT2D eigenvalue weighted by atomic mass is 9.99. The van der Waals surface area contributed by atoms with E-state index in [1.165, 1.54) is 6.07 Å². The summed E-state index contributed by atoms with van der Waals surface area (Å²) in [6, 6.07) is 2.50. The Labute approximate surface area is 119 Å². The van der Waals surface area contributed by atoms with E-state index in [0.717, 1.165) is 31.7 Å². The summed E-state index contributed by atoms with van der Waals surface area (Å²) in [6.07, 6.45) is 4.44. The van der Waals surface area contributed by atoms with Crippen LogP contribution in [0.3, 0.4) is 0 Å². The lowest BCUT2D eigenvalue weighted by molar-refractivity contribution is -0.384. The maximum Gasteiger partial charge on any atom is 0.295 e. The van der Waals surface area contributed by atoms with Gasteiger partial charge in [-0.1, -0.05) is 33.1 Å². The predicted octanol–water partition coefficient (Wildman–Crippen LogP) is 4.67. The second-order valence-corrected chi connectivity index (χ2v) is 5.17. The first kappa shape index (κ1) is 16.4. The van der Waals surface area contributed by atoms with Gasteiger partial charge in [0.05, 0.1) is 11.0 Å². The highest BCUT2D eigenvalue weighted by Crippen LogP contribution is 2.28. The van der Waals surface area contributed by atoms with E-state index in [0.29, 0.717) is 23.7 Å². The average Bonchev–Trinajstić information content (AvgIpc) is 2.42. The summed E-state index contributed by atoms with van der Waals surface area (Å²) in [6.45, 7) is 6.56. The topological polar surface area (TPSA) is 55.2 Å². The Hall–Kier alpha value is -1.65. The molecule has 0 aromatic heterocycles. The fraction of sp³-hybridized carbons (Fsp3) is 0.600. The SMILES string of the molecule is CCCCC(CC)CNc1cc(C)c(F)cc1[N+](=O)[O-]. The molecule has 0 amide bonds. The number of halogens is 1. The average molecular weight is 282 g/mol. The van der Waals surface area contributed by atoms with Crippen molar-refractivity contribution in [1.82, 2.24) is 0 Å². The number of benzene rings is 1. The monoisotopic (exact) mass is 282 g/mol. The van der Waals surface area contributed by atoms with Crippen molar-refractivity contribution in [3.05, 3.63) is 33.6 Å². The van der Waals surface area contributed by atoms with E-state index in [2.05, 4.69) is 19.2 Å². The van der Waals surface area contributed by atoms with Gasteiger partial charge in [0.2, 0.25) is 0 Å². The zero-order valence-corrected chi connectivity index (χ0v) is 12.4. The quantitative estimate of drug-likeness (QED) is 0.556. The first-order chi connectivity index (χ1) is 9.49. The van der Waals surface area contributed by atoms with Gasteiger partial charge in [0.25, 0.3) is 5.69 Å². The van der Waals surface area contributed by atoms with Crippen molar-refractivity contribution >= 4 is 11.4 Å². The van der Waals surface area contributed by atoms with E-state index in [9.17, 15) is 14.5 Å². The first-order valence-electron chi connectivity index (χ1n) is 7.17. The zero-order valence-electron chi connectivity index (χ0n) is 12.4. The third-order valence-corrected chi connectivity index (χ3v) is 3.60. The fourth-order valence-corrected chi connectivity index (χ4v) is 2.16. The molecule has 0 fully saturated rings. The largest absolute Gasteiger partial charge is 0.379 e. The third kappa shape index (κ3) is 4.47. The molecule has 0 heterocycles. The summed E-state index contributed by atoms with van der Waals surface area (Å²) in [5, 5.41) is 14.1.